The predicted octanol–water partition coefficient (Wildman–Crippen LogP) is 1.77. The summed E-state index contributed by atoms with van der Waals surface area (Å²) in [6.07, 6.45) is 0.441. The van der Waals surface area contributed by atoms with Crippen LogP contribution >= 0.6 is 0 Å². The number of carboxylic acids is 2. The molecule has 0 aliphatic rings. The fraction of sp³-hybridized carbons (Fsp3) is 0.750. The number of rotatable bonds is 14. The third-order valence-electron chi connectivity index (χ3n) is 4.83. The smallest absolute Gasteiger partial charge is 0.478 e. The van der Waals surface area contributed by atoms with Crippen LogP contribution in [-0.2, 0) is 36.1 Å². The Bertz CT molecular complexity index is 493. The van der Waals surface area contributed by atoms with Gasteiger partial charge >= 0.3 is 29.5 Å². The Hall–Kier alpha value is -1.13. The highest BCUT2D eigenvalue weighted by Crippen LogP contribution is 2.43. The van der Waals surface area contributed by atoms with Crippen molar-refractivity contribution in [2.45, 2.75) is 37.8 Å². The van der Waals surface area contributed by atoms with Crippen LogP contribution in [0, 0.1) is 0 Å². The van der Waals surface area contributed by atoms with E-state index in [9.17, 15) is 19.8 Å². The average Bonchev–Trinajstić information content (AvgIpc) is 2.70. The van der Waals surface area contributed by atoms with Gasteiger partial charge < -0.3 is 36.8 Å². The minimum absolute atomic E-state index is 0.220. The average molecular weight is 441 g/mol. The normalized spacial score (nSPS) is 15.7. The molecule has 0 saturated carbocycles. The van der Waals surface area contributed by atoms with Gasteiger partial charge in [-0.2, -0.15) is 0 Å². The van der Waals surface area contributed by atoms with Gasteiger partial charge in [-0.3, -0.25) is 0 Å². The predicted molar refractivity (Wildman–Crippen MR) is 104 cm³/mol. The van der Waals surface area contributed by atoms with Gasteiger partial charge in [0.05, 0.1) is 22.2 Å². The molecule has 0 aliphatic heterocycles. The monoisotopic (exact) mass is 440 g/mol. The molecule has 0 saturated heterocycles. The van der Waals surface area contributed by atoms with E-state index >= 15 is 0 Å². The summed E-state index contributed by atoms with van der Waals surface area (Å²) in [5.41, 5.74) is -2.57. The number of aliphatic carboxylic acids is 2. The van der Waals surface area contributed by atoms with Crippen molar-refractivity contribution in [1.29, 1.82) is 0 Å². The molecule has 164 valence electrons. The maximum atomic E-state index is 12.3. The summed E-state index contributed by atoms with van der Waals surface area (Å²) < 4.78 is 32.7. The number of hydrogen-bond acceptors (Lipinski definition) is 8. The first-order valence-corrected chi connectivity index (χ1v) is 12.3. The molecule has 2 unspecified atom stereocenters. The molecule has 0 fully saturated rings. The second-order valence-electron chi connectivity index (χ2n) is 5.79. The van der Waals surface area contributed by atoms with Crippen LogP contribution < -0.4 is 0 Å². The zero-order valence-electron chi connectivity index (χ0n) is 17.7. The number of carboxylic acid groups (broad SMARTS) is 2. The zero-order chi connectivity index (χ0) is 22.1. The molecule has 0 rings (SSSR count). The van der Waals surface area contributed by atoms with Crippen molar-refractivity contribution >= 4 is 29.5 Å². The van der Waals surface area contributed by atoms with Gasteiger partial charge in [-0.25, -0.2) is 9.59 Å². The van der Waals surface area contributed by atoms with E-state index in [0.717, 1.165) is 0 Å². The Morgan fingerprint density at radius 2 is 0.857 bits per heavy atom. The Kier molecular flexibility index (Phi) is 11.3. The lowest BCUT2D eigenvalue weighted by Gasteiger charge is -2.36. The SMILES string of the molecule is CCC(/C(C(=O)O)=C(/C(=O)O)C(CC)[Si](OC)(OC)OC)[Si](OC)(OC)OC. The summed E-state index contributed by atoms with van der Waals surface area (Å²) in [5, 5.41) is 20.0. The molecule has 12 heteroatoms. The molecule has 0 aromatic heterocycles. The fourth-order valence-corrected chi connectivity index (χ4v) is 8.49. The number of carbonyl (C=O) groups is 2. The standard InChI is InChI=1S/C16H32O10Si2/c1-9-11(27(21-3,22-4)23-5)13(15(17)18)14(16(19)20)12(10-2)28(24-6,25-7)26-8/h11-12H,9-10H2,1-8H3,(H,17,18)(H,19,20)/b14-13-. The molecule has 0 radical (unpaired) electrons. The molecule has 2 atom stereocenters. The van der Waals surface area contributed by atoms with Gasteiger partial charge in [0.2, 0.25) is 0 Å². The van der Waals surface area contributed by atoms with Crippen molar-refractivity contribution in [3.8, 4) is 0 Å². The van der Waals surface area contributed by atoms with Crippen molar-refractivity contribution in [2.75, 3.05) is 42.7 Å². The van der Waals surface area contributed by atoms with Crippen LogP contribution in [0.2, 0.25) is 11.1 Å². The van der Waals surface area contributed by atoms with Crippen LogP contribution in [0.5, 0.6) is 0 Å². The summed E-state index contributed by atoms with van der Waals surface area (Å²) in [6.45, 7) is 3.42. The molecule has 28 heavy (non-hydrogen) atoms. The first-order chi connectivity index (χ1) is 13.1. The second-order valence-corrected chi connectivity index (χ2v) is 12.0. The lowest BCUT2D eigenvalue weighted by Crippen LogP contribution is -2.52. The van der Waals surface area contributed by atoms with E-state index < -0.39 is 40.6 Å². The van der Waals surface area contributed by atoms with Gasteiger partial charge in [-0.15, -0.1) is 0 Å². The molecule has 10 nitrogen and oxygen atoms in total. The van der Waals surface area contributed by atoms with Gasteiger partial charge in [-0.05, 0) is 12.8 Å². The summed E-state index contributed by atoms with van der Waals surface area (Å²) in [5.74, 6) is -2.81. The van der Waals surface area contributed by atoms with Crippen LogP contribution in [0.4, 0.5) is 0 Å². The van der Waals surface area contributed by atoms with Crippen molar-refractivity contribution in [1.82, 2.24) is 0 Å². The Morgan fingerprint density at radius 1 is 0.643 bits per heavy atom. The highest BCUT2D eigenvalue weighted by atomic mass is 28.4. The highest BCUT2D eigenvalue weighted by Gasteiger charge is 2.56. The lowest BCUT2D eigenvalue weighted by molar-refractivity contribution is -0.136. The van der Waals surface area contributed by atoms with Crippen LogP contribution in [0.1, 0.15) is 26.7 Å². The Morgan fingerprint density at radius 3 is 0.964 bits per heavy atom. The zero-order valence-corrected chi connectivity index (χ0v) is 19.7. The maximum absolute atomic E-state index is 12.3. The molecular weight excluding hydrogens is 408 g/mol. The summed E-state index contributed by atoms with van der Waals surface area (Å²) in [4.78, 5) is 24.6. The van der Waals surface area contributed by atoms with Gasteiger partial charge in [0.1, 0.15) is 0 Å². The van der Waals surface area contributed by atoms with E-state index in [4.69, 9.17) is 26.6 Å². The molecule has 0 bridgehead atoms. The van der Waals surface area contributed by atoms with Crippen molar-refractivity contribution in [3.63, 3.8) is 0 Å². The number of hydrogen-bond donors (Lipinski definition) is 2. The Balaban J connectivity index is 7.10. The van der Waals surface area contributed by atoms with Crippen molar-refractivity contribution in [3.05, 3.63) is 11.1 Å². The van der Waals surface area contributed by atoms with Gasteiger partial charge in [0.25, 0.3) is 0 Å². The first kappa shape index (κ1) is 26.9. The van der Waals surface area contributed by atoms with Crippen molar-refractivity contribution in [2.24, 2.45) is 0 Å². The molecule has 0 heterocycles. The van der Waals surface area contributed by atoms with Crippen LogP contribution in [0.25, 0.3) is 0 Å². The second kappa shape index (κ2) is 11.8. The minimum atomic E-state index is -3.54. The molecule has 0 aliphatic carbocycles. The summed E-state index contributed by atoms with van der Waals surface area (Å²) in [7, 11) is 0.992. The maximum Gasteiger partial charge on any atom is 0.508 e. The third kappa shape index (κ3) is 5.07. The van der Waals surface area contributed by atoms with Gasteiger partial charge in [0.15, 0.2) is 0 Å². The van der Waals surface area contributed by atoms with Gasteiger partial charge in [0, 0.05) is 42.7 Å². The fourth-order valence-electron chi connectivity index (χ4n) is 3.52. The van der Waals surface area contributed by atoms with Crippen LogP contribution in [-0.4, -0.2) is 82.4 Å². The Labute approximate surface area is 168 Å². The molecule has 0 spiro atoms. The minimum Gasteiger partial charge on any atom is -0.478 e. The van der Waals surface area contributed by atoms with Crippen LogP contribution in [0.15, 0.2) is 11.1 Å². The van der Waals surface area contributed by atoms with Crippen LogP contribution in [0.3, 0.4) is 0 Å². The quantitative estimate of drug-likeness (QED) is 0.304. The highest BCUT2D eigenvalue weighted by molar-refractivity contribution is 6.65. The first-order valence-electron chi connectivity index (χ1n) is 8.67. The van der Waals surface area contributed by atoms with E-state index in [1.807, 2.05) is 0 Å². The third-order valence-corrected chi connectivity index (χ3v) is 11.3. The van der Waals surface area contributed by atoms with E-state index in [1.54, 1.807) is 13.8 Å². The topological polar surface area (TPSA) is 130 Å². The molecule has 0 aromatic rings. The van der Waals surface area contributed by atoms with Crippen molar-refractivity contribution < 1.29 is 46.4 Å². The largest absolute Gasteiger partial charge is 0.508 e. The molecule has 0 aromatic carbocycles. The van der Waals surface area contributed by atoms with E-state index in [1.165, 1.54) is 42.7 Å². The molecule has 0 amide bonds. The molecular formula is C16H32O10Si2. The van der Waals surface area contributed by atoms with E-state index in [0.29, 0.717) is 0 Å². The van der Waals surface area contributed by atoms with Gasteiger partial charge in [-0.1, -0.05) is 13.8 Å². The lowest BCUT2D eigenvalue weighted by atomic mass is 9.98. The van der Waals surface area contributed by atoms with E-state index in [2.05, 4.69) is 0 Å². The molecule has 2 N–H and O–H groups in total. The summed E-state index contributed by atoms with van der Waals surface area (Å²) in [6, 6.07) is 0. The summed E-state index contributed by atoms with van der Waals surface area (Å²) >= 11 is 0. The van der Waals surface area contributed by atoms with E-state index in [-0.39, 0.29) is 24.0 Å².